The quantitative estimate of drug-likeness (QED) is 0.618. The second-order valence-electron chi connectivity index (χ2n) is 5.08. The molecule has 0 N–H and O–H groups in total. The van der Waals surface area contributed by atoms with Gasteiger partial charge >= 0.3 is 6.09 Å². The van der Waals surface area contributed by atoms with Gasteiger partial charge in [-0.2, -0.15) is 0 Å². The average Bonchev–Trinajstić information content (AvgIpc) is 2.60. The number of carbonyl (C=O) groups is 1. The van der Waals surface area contributed by atoms with Gasteiger partial charge in [-0.3, -0.25) is 0 Å². The van der Waals surface area contributed by atoms with Crippen LogP contribution in [0.15, 0.2) is 22.8 Å². The lowest BCUT2D eigenvalue weighted by Crippen LogP contribution is -2.26. The summed E-state index contributed by atoms with van der Waals surface area (Å²) in [5.41, 5.74) is -0.0409. The van der Waals surface area contributed by atoms with Gasteiger partial charge < -0.3 is 4.74 Å². The summed E-state index contributed by atoms with van der Waals surface area (Å²) in [4.78, 5) is 12.2. The lowest BCUT2D eigenvalue weighted by molar-refractivity contribution is 0.0544. The van der Waals surface area contributed by atoms with Crippen molar-refractivity contribution in [3.63, 3.8) is 0 Å². The number of fused-ring (bicyclic) bond motifs is 1. The lowest BCUT2D eigenvalue weighted by Gasteiger charge is -2.20. The molecule has 0 radical (unpaired) electrons. The standard InChI is InChI=1S/C13H12BrCl2NO2/c1-13(2,3)19-12(18)17-6-8(14)7-4-5-9(15)10(16)11(7)17/h4-6H,1-3H3. The number of benzene rings is 1. The smallest absolute Gasteiger partial charge is 0.419 e. The van der Waals surface area contributed by atoms with Gasteiger partial charge in [0.1, 0.15) is 5.60 Å². The highest BCUT2D eigenvalue weighted by atomic mass is 79.9. The molecule has 0 fully saturated rings. The van der Waals surface area contributed by atoms with Crippen LogP contribution in [0, 0.1) is 0 Å². The molecule has 0 spiro atoms. The third-order valence-corrected chi connectivity index (χ3v) is 3.83. The monoisotopic (exact) mass is 363 g/mol. The largest absolute Gasteiger partial charge is 0.443 e. The summed E-state index contributed by atoms with van der Waals surface area (Å²) in [6.07, 6.45) is 1.13. The van der Waals surface area contributed by atoms with Crippen LogP contribution in [0.3, 0.4) is 0 Å². The molecule has 19 heavy (non-hydrogen) atoms. The van der Waals surface area contributed by atoms with Crippen LogP contribution in [0.2, 0.25) is 10.0 Å². The van der Waals surface area contributed by atoms with Crippen molar-refractivity contribution in [2.24, 2.45) is 0 Å². The summed E-state index contributed by atoms with van der Waals surface area (Å²) in [5, 5.41) is 1.53. The Kier molecular flexibility index (Phi) is 3.87. The van der Waals surface area contributed by atoms with Crippen molar-refractivity contribution in [1.29, 1.82) is 0 Å². The van der Waals surface area contributed by atoms with E-state index in [1.54, 1.807) is 39.1 Å². The second kappa shape index (κ2) is 5.00. The Balaban J connectivity index is 2.61. The molecular weight excluding hydrogens is 353 g/mol. The van der Waals surface area contributed by atoms with E-state index in [0.29, 0.717) is 15.6 Å². The molecule has 0 saturated carbocycles. The Bertz CT molecular complexity index is 659. The van der Waals surface area contributed by atoms with Gasteiger partial charge in [0.05, 0.1) is 15.6 Å². The summed E-state index contributed by atoms with van der Waals surface area (Å²) in [7, 11) is 0. The number of aromatic nitrogens is 1. The van der Waals surface area contributed by atoms with Crippen LogP contribution in [-0.2, 0) is 4.74 Å². The average molecular weight is 365 g/mol. The molecule has 0 bridgehead atoms. The Morgan fingerprint density at radius 3 is 2.53 bits per heavy atom. The van der Waals surface area contributed by atoms with Gasteiger partial charge in [0.15, 0.2) is 0 Å². The minimum atomic E-state index is -0.578. The van der Waals surface area contributed by atoms with Gasteiger partial charge in [-0.05, 0) is 42.8 Å². The number of carbonyl (C=O) groups excluding carboxylic acids is 1. The minimum Gasteiger partial charge on any atom is -0.443 e. The molecule has 0 aliphatic heterocycles. The molecule has 0 amide bonds. The highest BCUT2D eigenvalue weighted by Crippen LogP contribution is 2.36. The molecule has 0 saturated heterocycles. The van der Waals surface area contributed by atoms with E-state index < -0.39 is 11.7 Å². The third kappa shape index (κ3) is 2.91. The van der Waals surface area contributed by atoms with Crippen molar-refractivity contribution in [3.8, 4) is 0 Å². The summed E-state index contributed by atoms with van der Waals surface area (Å²) in [6.45, 7) is 5.42. The maximum Gasteiger partial charge on any atom is 0.419 e. The molecule has 0 aliphatic carbocycles. The van der Waals surface area contributed by atoms with Gasteiger partial charge in [0, 0.05) is 16.1 Å². The summed E-state index contributed by atoms with van der Waals surface area (Å²) in [6, 6.07) is 3.49. The van der Waals surface area contributed by atoms with E-state index in [2.05, 4.69) is 15.9 Å². The first kappa shape index (κ1) is 14.7. The molecule has 1 aromatic heterocycles. The van der Waals surface area contributed by atoms with Crippen molar-refractivity contribution in [2.45, 2.75) is 26.4 Å². The first-order valence-corrected chi connectivity index (χ1v) is 7.13. The van der Waals surface area contributed by atoms with Crippen LogP contribution >= 0.6 is 39.1 Å². The van der Waals surface area contributed by atoms with E-state index in [-0.39, 0.29) is 0 Å². The molecule has 0 aliphatic rings. The fraction of sp³-hybridized carbons (Fsp3) is 0.308. The van der Waals surface area contributed by atoms with Gasteiger partial charge in [-0.25, -0.2) is 9.36 Å². The van der Waals surface area contributed by atoms with Crippen LogP contribution in [0.5, 0.6) is 0 Å². The van der Waals surface area contributed by atoms with Gasteiger partial charge in [0.25, 0.3) is 0 Å². The predicted molar refractivity (Wildman–Crippen MR) is 81.3 cm³/mol. The SMILES string of the molecule is CC(C)(C)OC(=O)n1cc(Br)c2ccc(Cl)c(Cl)c21. The highest BCUT2D eigenvalue weighted by Gasteiger charge is 2.22. The van der Waals surface area contributed by atoms with Crippen molar-refractivity contribution < 1.29 is 9.53 Å². The number of rotatable bonds is 0. The highest BCUT2D eigenvalue weighted by molar-refractivity contribution is 9.10. The van der Waals surface area contributed by atoms with Crippen LogP contribution in [0.4, 0.5) is 4.79 Å². The van der Waals surface area contributed by atoms with Crippen molar-refractivity contribution >= 4 is 56.1 Å². The van der Waals surface area contributed by atoms with E-state index >= 15 is 0 Å². The van der Waals surface area contributed by atoms with Gasteiger partial charge in [-0.15, -0.1) is 0 Å². The zero-order valence-electron chi connectivity index (χ0n) is 10.6. The molecule has 1 heterocycles. The number of hydrogen-bond donors (Lipinski definition) is 0. The number of halogens is 3. The number of hydrogen-bond acceptors (Lipinski definition) is 2. The molecule has 1 aromatic carbocycles. The minimum absolute atomic E-state index is 0.329. The normalized spacial score (nSPS) is 11.9. The Morgan fingerprint density at radius 2 is 1.95 bits per heavy atom. The second-order valence-corrected chi connectivity index (χ2v) is 6.72. The summed E-state index contributed by atoms with van der Waals surface area (Å²) >= 11 is 15.6. The van der Waals surface area contributed by atoms with Crippen LogP contribution in [-0.4, -0.2) is 16.3 Å². The van der Waals surface area contributed by atoms with Crippen LogP contribution < -0.4 is 0 Å². The number of nitrogens with zero attached hydrogens (tertiary/aromatic N) is 1. The zero-order chi connectivity index (χ0) is 14.4. The molecular formula is C13H12BrCl2NO2. The maximum absolute atomic E-state index is 12.2. The fourth-order valence-electron chi connectivity index (χ4n) is 1.67. The van der Waals surface area contributed by atoms with E-state index in [0.717, 1.165) is 9.86 Å². The third-order valence-electron chi connectivity index (χ3n) is 2.40. The van der Waals surface area contributed by atoms with Crippen molar-refractivity contribution in [2.75, 3.05) is 0 Å². The molecule has 102 valence electrons. The molecule has 3 nitrogen and oxygen atoms in total. The first-order chi connectivity index (χ1) is 8.70. The van der Waals surface area contributed by atoms with Crippen LogP contribution in [0.25, 0.3) is 10.9 Å². The van der Waals surface area contributed by atoms with Crippen molar-refractivity contribution in [3.05, 3.63) is 32.8 Å². The Hall–Kier alpha value is -0.710. The molecule has 0 atom stereocenters. The van der Waals surface area contributed by atoms with Gasteiger partial charge in [0.2, 0.25) is 0 Å². The lowest BCUT2D eigenvalue weighted by atomic mass is 10.2. The molecule has 0 unspecified atom stereocenters. The fourth-order valence-corrected chi connectivity index (χ4v) is 2.60. The van der Waals surface area contributed by atoms with E-state index in [1.807, 2.05) is 0 Å². The van der Waals surface area contributed by atoms with E-state index in [1.165, 1.54) is 4.57 Å². The Labute approximate surface area is 129 Å². The number of ether oxygens (including phenoxy) is 1. The molecule has 2 aromatic rings. The summed E-state index contributed by atoms with van der Waals surface area (Å²) in [5.74, 6) is 0. The van der Waals surface area contributed by atoms with Crippen LogP contribution in [0.1, 0.15) is 20.8 Å². The van der Waals surface area contributed by atoms with Gasteiger partial charge in [-0.1, -0.05) is 29.3 Å². The topological polar surface area (TPSA) is 31.2 Å². The van der Waals surface area contributed by atoms with Crippen molar-refractivity contribution in [1.82, 2.24) is 4.57 Å². The molecule has 6 heteroatoms. The molecule has 2 rings (SSSR count). The van der Waals surface area contributed by atoms with E-state index in [9.17, 15) is 4.79 Å². The predicted octanol–water partition coefficient (Wildman–Crippen LogP) is 5.49. The maximum atomic E-state index is 12.2. The summed E-state index contributed by atoms with van der Waals surface area (Å²) < 4.78 is 7.46. The first-order valence-electron chi connectivity index (χ1n) is 5.58. The zero-order valence-corrected chi connectivity index (χ0v) is 13.7. The Morgan fingerprint density at radius 1 is 1.32 bits per heavy atom. The van der Waals surface area contributed by atoms with E-state index in [4.69, 9.17) is 27.9 Å².